The van der Waals surface area contributed by atoms with Crippen molar-refractivity contribution in [3.8, 4) is 0 Å². The molecule has 1 amide bonds. The average molecular weight is 530 g/mol. The van der Waals surface area contributed by atoms with E-state index in [0.717, 1.165) is 39.6 Å². The van der Waals surface area contributed by atoms with E-state index in [1.807, 2.05) is 30.5 Å². The summed E-state index contributed by atoms with van der Waals surface area (Å²) in [7, 11) is -4.11. The summed E-state index contributed by atoms with van der Waals surface area (Å²) in [4.78, 5) is 16.0. The molecule has 3 aromatic carbocycles. The third kappa shape index (κ3) is 6.37. The van der Waals surface area contributed by atoms with Crippen molar-refractivity contribution in [2.75, 3.05) is 48.3 Å². The molecule has 1 aliphatic rings. The smallest absolute Gasteiger partial charge is 0.264 e. The van der Waals surface area contributed by atoms with Crippen LogP contribution in [-0.2, 0) is 26.1 Å². The quantitative estimate of drug-likeness (QED) is 0.424. The van der Waals surface area contributed by atoms with E-state index < -0.39 is 28.3 Å². The zero-order valence-corrected chi connectivity index (χ0v) is 21.5. The molecule has 0 bridgehead atoms. The van der Waals surface area contributed by atoms with Gasteiger partial charge in [-0.25, -0.2) is 12.8 Å². The second-order valence-electron chi connectivity index (χ2n) is 8.21. The molecule has 0 radical (unpaired) electrons. The molecule has 0 aromatic heterocycles. The van der Waals surface area contributed by atoms with E-state index in [4.69, 9.17) is 4.74 Å². The maximum absolute atomic E-state index is 14.0. The minimum absolute atomic E-state index is 0.0241. The van der Waals surface area contributed by atoms with Gasteiger partial charge >= 0.3 is 0 Å². The Labute approximate surface area is 215 Å². The molecule has 0 atom stereocenters. The van der Waals surface area contributed by atoms with E-state index in [-0.39, 0.29) is 17.1 Å². The van der Waals surface area contributed by atoms with Crippen molar-refractivity contribution in [2.24, 2.45) is 0 Å². The fraction of sp³-hybridized carbons (Fsp3) is 0.269. The zero-order valence-electron chi connectivity index (χ0n) is 19.9. The number of hydrogen-bond donors (Lipinski definition) is 1. The van der Waals surface area contributed by atoms with Gasteiger partial charge in [0.05, 0.1) is 23.8 Å². The van der Waals surface area contributed by atoms with Crippen LogP contribution in [0.3, 0.4) is 0 Å². The van der Waals surface area contributed by atoms with Gasteiger partial charge in [-0.05, 0) is 66.4 Å². The average Bonchev–Trinajstić information content (AvgIpc) is 2.91. The van der Waals surface area contributed by atoms with Crippen LogP contribution in [0.4, 0.5) is 15.8 Å². The molecule has 0 spiro atoms. The number of carbonyl (C=O) groups is 1. The molecule has 1 heterocycles. The summed E-state index contributed by atoms with van der Waals surface area (Å²) in [5.74, 6) is -1.09. The molecular weight excluding hydrogens is 501 g/mol. The SMILES string of the molecule is CSc1ccc(S(=O)(=O)N(CC(=O)NCc2ccc(N3CCOCC3)cc2)c2cccc(F)c2)cc1. The van der Waals surface area contributed by atoms with Crippen molar-refractivity contribution in [1.29, 1.82) is 0 Å². The molecule has 36 heavy (non-hydrogen) atoms. The predicted molar refractivity (Wildman–Crippen MR) is 140 cm³/mol. The molecule has 3 aromatic rings. The van der Waals surface area contributed by atoms with E-state index in [9.17, 15) is 17.6 Å². The van der Waals surface area contributed by atoms with Crippen LogP contribution in [0.25, 0.3) is 0 Å². The van der Waals surface area contributed by atoms with Crippen molar-refractivity contribution >= 4 is 39.1 Å². The second kappa shape index (κ2) is 11.8. The number of amides is 1. The largest absolute Gasteiger partial charge is 0.378 e. The molecule has 10 heteroatoms. The highest BCUT2D eigenvalue weighted by Gasteiger charge is 2.27. The minimum Gasteiger partial charge on any atom is -0.378 e. The molecular formula is C26H28FN3O4S2. The predicted octanol–water partition coefficient (Wildman–Crippen LogP) is 3.90. The fourth-order valence-electron chi connectivity index (χ4n) is 3.85. The van der Waals surface area contributed by atoms with Crippen LogP contribution in [0.2, 0.25) is 0 Å². The van der Waals surface area contributed by atoms with Crippen LogP contribution in [0.5, 0.6) is 0 Å². The summed E-state index contributed by atoms with van der Waals surface area (Å²) in [5.41, 5.74) is 2.05. The number of benzene rings is 3. The number of halogens is 1. The monoisotopic (exact) mass is 529 g/mol. The number of rotatable bonds is 9. The minimum atomic E-state index is -4.11. The first-order valence-electron chi connectivity index (χ1n) is 11.5. The summed E-state index contributed by atoms with van der Waals surface area (Å²) in [6.45, 7) is 2.82. The first-order valence-corrected chi connectivity index (χ1v) is 14.1. The first-order chi connectivity index (χ1) is 17.4. The molecule has 0 unspecified atom stereocenters. The third-order valence-electron chi connectivity index (χ3n) is 5.83. The number of sulfonamides is 1. The Morgan fingerprint density at radius 3 is 2.39 bits per heavy atom. The summed E-state index contributed by atoms with van der Waals surface area (Å²) < 4.78 is 47.2. The maximum atomic E-state index is 14.0. The number of nitrogens with one attached hydrogen (secondary N) is 1. The summed E-state index contributed by atoms with van der Waals surface area (Å²) in [6.07, 6.45) is 1.89. The summed E-state index contributed by atoms with van der Waals surface area (Å²) >= 11 is 1.49. The van der Waals surface area contributed by atoms with E-state index in [0.29, 0.717) is 13.2 Å². The lowest BCUT2D eigenvalue weighted by Crippen LogP contribution is -2.40. The number of nitrogens with zero attached hydrogens (tertiary/aromatic N) is 2. The Kier molecular flexibility index (Phi) is 8.50. The topological polar surface area (TPSA) is 79.0 Å². The lowest BCUT2D eigenvalue weighted by molar-refractivity contribution is -0.119. The lowest BCUT2D eigenvalue weighted by atomic mass is 10.2. The highest BCUT2D eigenvalue weighted by molar-refractivity contribution is 7.98. The number of anilines is 2. The molecule has 1 N–H and O–H groups in total. The molecule has 1 saturated heterocycles. The normalized spacial score (nSPS) is 13.9. The van der Waals surface area contributed by atoms with Crippen LogP contribution in [0.15, 0.2) is 82.6 Å². The van der Waals surface area contributed by atoms with Gasteiger partial charge in [0.15, 0.2) is 0 Å². The molecule has 190 valence electrons. The van der Waals surface area contributed by atoms with Gasteiger partial charge in [0, 0.05) is 30.2 Å². The van der Waals surface area contributed by atoms with E-state index >= 15 is 0 Å². The number of ether oxygens (including phenoxy) is 1. The maximum Gasteiger partial charge on any atom is 0.264 e. The molecule has 7 nitrogen and oxygen atoms in total. The van der Waals surface area contributed by atoms with Gasteiger partial charge in [-0.2, -0.15) is 0 Å². The van der Waals surface area contributed by atoms with E-state index in [2.05, 4.69) is 10.2 Å². The Hall–Kier alpha value is -3.08. The zero-order chi connectivity index (χ0) is 25.5. The van der Waals surface area contributed by atoms with E-state index in [1.54, 1.807) is 12.1 Å². The highest BCUT2D eigenvalue weighted by Crippen LogP contribution is 2.26. The van der Waals surface area contributed by atoms with Crippen LogP contribution < -0.4 is 14.5 Å². The Morgan fingerprint density at radius 1 is 1.06 bits per heavy atom. The number of hydrogen-bond acceptors (Lipinski definition) is 6. The Morgan fingerprint density at radius 2 is 1.75 bits per heavy atom. The van der Waals surface area contributed by atoms with E-state index in [1.165, 1.54) is 42.1 Å². The highest BCUT2D eigenvalue weighted by atomic mass is 32.2. The van der Waals surface area contributed by atoms with Gasteiger partial charge in [-0.1, -0.05) is 18.2 Å². The van der Waals surface area contributed by atoms with Crippen molar-refractivity contribution in [3.63, 3.8) is 0 Å². The summed E-state index contributed by atoms with van der Waals surface area (Å²) in [6, 6.07) is 19.4. The molecule has 4 rings (SSSR count). The number of morpholine rings is 1. The molecule has 1 fully saturated rings. The second-order valence-corrected chi connectivity index (χ2v) is 11.0. The first kappa shape index (κ1) is 26.0. The fourth-order valence-corrected chi connectivity index (χ4v) is 5.68. The summed E-state index contributed by atoms with van der Waals surface area (Å²) in [5, 5.41) is 2.78. The van der Waals surface area contributed by atoms with Gasteiger partial charge in [-0.15, -0.1) is 11.8 Å². The van der Waals surface area contributed by atoms with Gasteiger partial charge in [0.1, 0.15) is 12.4 Å². The van der Waals surface area contributed by atoms with Gasteiger partial charge < -0.3 is 15.0 Å². The van der Waals surface area contributed by atoms with Gasteiger partial charge in [-0.3, -0.25) is 9.10 Å². The van der Waals surface area contributed by atoms with Crippen LogP contribution in [0.1, 0.15) is 5.56 Å². The Balaban J connectivity index is 1.47. The van der Waals surface area contributed by atoms with Gasteiger partial charge in [0.2, 0.25) is 5.91 Å². The number of carbonyl (C=O) groups excluding carboxylic acids is 1. The van der Waals surface area contributed by atoms with Gasteiger partial charge in [0.25, 0.3) is 10.0 Å². The van der Waals surface area contributed by atoms with Crippen LogP contribution in [0, 0.1) is 5.82 Å². The third-order valence-corrected chi connectivity index (χ3v) is 8.36. The molecule has 0 aliphatic carbocycles. The van der Waals surface area contributed by atoms with Crippen molar-refractivity contribution < 1.29 is 22.3 Å². The van der Waals surface area contributed by atoms with Crippen LogP contribution >= 0.6 is 11.8 Å². The standard InChI is InChI=1S/C26H28FN3O4S2/c1-35-24-9-11-25(12-10-24)36(32,33)30(23-4-2-3-21(27)17-23)19-26(31)28-18-20-5-7-22(8-6-20)29-13-15-34-16-14-29/h2-12,17H,13-16,18-19H2,1H3,(H,28,31). The van der Waals surface area contributed by atoms with Crippen LogP contribution in [-0.4, -0.2) is 53.4 Å². The molecule has 0 saturated carbocycles. The molecule has 1 aliphatic heterocycles. The van der Waals surface area contributed by atoms with Crippen molar-refractivity contribution in [3.05, 3.63) is 84.2 Å². The lowest BCUT2D eigenvalue weighted by Gasteiger charge is -2.29. The van der Waals surface area contributed by atoms with Crippen molar-refractivity contribution in [1.82, 2.24) is 5.32 Å². The Bertz CT molecular complexity index is 1280. The number of thioether (sulfide) groups is 1. The van der Waals surface area contributed by atoms with Crippen molar-refractivity contribution in [2.45, 2.75) is 16.3 Å².